The van der Waals surface area contributed by atoms with E-state index in [1.807, 2.05) is 25.1 Å². The fraction of sp³-hybridized carbons (Fsp3) is 0.467. The van der Waals surface area contributed by atoms with Crippen LogP contribution in [-0.2, 0) is 9.59 Å². The number of fused-ring (bicyclic) bond motifs is 1. The molecule has 18 heavy (non-hydrogen) atoms. The second-order valence-electron chi connectivity index (χ2n) is 5.66. The van der Waals surface area contributed by atoms with Crippen LogP contribution < -0.4 is 4.90 Å². The van der Waals surface area contributed by atoms with Gasteiger partial charge in [0.15, 0.2) is 0 Å². The Morgan fingerprint density at radius 2 is 1.78 bits per heavy atom. The summed E-state index contributed by atoms with van der Waals surface area (Å²) in [5.41, 5.74) is 3.14. The third kappa shape index (κ3) is 1.50. The van der Waals surface area contributed by atoms with E-state index in [1.165, 1.54) is 10.5 Å². The largest absolute Gasteiger partial charge is 0.274 e. The van der Waals surface area contributed by atoms with Crippen LogP contribution in [-0.4, -0.2) is 11.8 Å². The Balaban J connectivity index is 1.96. The lowest BCUT2D eigenvalue weighted by Gasteiger charge is -2.19. The SMILES string of the molecule is Cc1cc(N2C(=O)[C@@H]3C[C@H]3C2=O)ccc1C(C)C. The Morgan fingerprint density at radius 1 is 1.17 bits per heavy atom. The maximum Gasteiger partial charge on any atom is 0.237 e. The van der Waals surface area contributed by atoms with Gasteiger partial charge in [-0.05, 0) is 42.5 Å². The molecule has 0 bridgehead atoms. The summed E-state index contributed by atoms with van der Waals surface area (Å²) in [6, 6.07) is 5.87. The van der Waals surface area contributed by atoms with Gasteiger partial charge < -0.3 is 0 Å². The molecule has 1 saturated heterocycles. The van der Waals surface area contributed by atoms with Gasteiger partial charge in [-0.3, -0.25) is 14.5 Å². The van der Waals surface area contributed by atoms with E-state index < -0.39 is 0 Å². The van der Waals surface area contributed by atoms with E-state index in [0.717, 1.165) is 17.7 Å². The van der Waals surface area contributed by atoms with Crippen LogP contribution in [0.15, 0.2) is 18.2 Å². The van der Waals surface area contributed by atoms with E-state index in [-0.39, 0.29) is 23.7 Å². The van der Waals surface area contributed by atoms with E-state index >= 15 is 0 Å². The summed E-state index contributed by atoms with van der Waals surface area (Å²) in [5, 5.41) is 0. The number of benzene rings is 1. The van der Waals surface area contributed by atoms with Gasteiger partial charge in [-0.15, -0.1) is 0 Å². The smallest absolute Gasteiger partial charge is 0.237 e. The van der Waals surface area contributed by atoms with Crippen LogP contribution >= 0.6 is 0 Å². The molecule has 0 N–H and O–H groups in total. The molecule has 2 amide bonds. The Kier molecular flexibility index (Phi) is 2.34. The highest BCUT2D eigenvalue weighted by molar-refractivity contribution is 6.24. The number of anilines is 1. The Bertz CT molecular complexity index is 527. The number of hydrogen-bond acceptors (Lipinski definition) is 2. The van der Waals surface area contributed by atoms with Crippen molar-refractivity contribution in [3.63, 3.8) is 0 Å². The molecular weight excluding hydrogens is 226 g/mol. The monoisotopic (exact) mass is 243 g/mol. The standard InChI is InChI=1S/C15H17NO2/c1-8(2)11-5-4-10(6-9(11)3)16-14(17)12-7-13(12)15(16)18/h4-6,8,12-13H,7H2,1-3H3/t12-,13-/m1/s1. The summed E-state index contributed by atoms with van der Waals surface area (Å²) in [6.45, 7) is 6.32. The van der Waals surface area contributed by atoms with E-state index in [2.05, 4.69) is 13.8 Å². The van der Waals surface area contributed by atoms with Crippen molar-refractivity contribution in [2.75, 3.05) is 4.90 Å². The van der Waals surface area contributed by atoms with E-state index in [0.29, 0.717) is 5.92 Å². The summed E-state index contributed by atoms with van der Waals surface area (Å²) >= 11 is 0. The molecule has 94 valence electrons. The molecule has 1 aliphatic carbocycles. The first-order valence-corrected chi connectivity index (χ1v) is 6.49. The van der Waals surface area contributed by atoms with Gasteiger partial charge in [-0.25, -0.2) is 0 Å². The minimum absolute atomic E-state index is 0.0123. The van der Waals surface area contributed by atoms with Gasteiger partial charge in [0.25, 0.3) is 0 Å². The number of carbonyl (C=O) groups is 2. The lowest BCUT2D eigenvalue weighted by Crippen LogP contribution is -2.32. The molecule has 2 fully saturated rings. The third-order valence-electron chi connectivity index (χ3n) is 4.00. The summed E-state index contributed by atoms with van der Waals surface area (Å²) in [7, 11) is 0. The predicted molar refractivity (Wildman–Crippen MR) is 69.4 cm³/mol. The quantitative estimate of drug-likeness (QED) is 0.749. The molecule has 0 aromatic heterocycles. The second kappa shape index (κ2) is 3.67. The van der Waals surface area contributed by atoms with Crippen molar-refractivity contribution >= 4 is 17.5 Å². The third-order valence-corrected chi connectivity index (χ3v) is 4.00. The first kappa shape index (κ1) is 11.5. The highest BCUT2D eigenvalue weighted by Gasteiger charge is 2.59. The molecule has 0 spiro atoms. The van der Waals surface area contributed by atoms with Crippen LogP contribution in [0.5, 0.6) is 0 Å². The van der Waals surface area contributed by atoms with Crippen molar-refractivity contribution in [1.29, 1.82) is 0 Å². The van der Waals surface area contributed by atoms with Crippen LogP contribution in [0.25, 0.3) is 0 Å². The molecule has 1 aromatic carbocycles. The van der Waals surface area contributed by atoms with Gasteiger partial charge in [0.05, 0.1) is 17.5 Å². The molecule has 2 aliphatic rings. The Hall–Kier alpha value is -1.64. The van der Waals surface area contributed by atoms with Gasteiger partial charge in [0.2, 0.25) is 11.8 Å². The first-order chi connectivity index (χ1) is 8.50. The average molecular weight is 243 g/mol. The number of nitrogens with zero attached hydrogens (tertiary/aromatic N) is 1. The lowest BCUT2D eigenvalue weighted by atomic mass is 9.97. The summed E-state index contributed by atoms with van der Waals surface area (Å²) in [5.74, 6) is 0.381. The van der Waals surface area contributed by atoms with E-state index in [4.69, 9.17) is 0 Å². The summed E-state index contributed by atoms with van der Waals surface area (Å²) < 4.78 is 0. The van der Waals surface area contributed by atoms with Crippen molar-refractivity contribution in [3.05, 3.63) is 29.3 Å². The minimum Gasteiger partial charge on any atom is -0.274 e. The van der Waals surface area contributed by atoms with Crippen molar-refractivity contribution in [3.8, 4) is 0 Å². The Morgan fingerprint density at radius 3 is 2.28 bits per heavy atom. The first-order valence-electron chi connectivity index (χ1n) is 6.49. The summed E-state index contributed by atoms with van der Waals surface area (Å²) in [6.07, 6.45) is 0.761. The van der Waals surface area contributed by atoms with Crippen molar-refractivity contribution in [2.45, 2.75) is 33.1 Å². The number of aryl methyl sites for hydroxylation is 1. The van der Waals surface area contributed by atoms with Crippen LogP contribution in [0.2, 0.25) is 0 Å². The zero-order valence-electron chi connectivity index (χ0n) is 10.9. The van der Waals surface area contributed by atoms with Gasteiger partial charge in [-0.2, -0.15) is 0 Å². The van der Waals surface area contributed by atoms with Gasteiger partial charge in [-0.1, -0.05) is 19.9 Å². The van der Waals surface area contributed by atoms with Crippen molar-refractivity contribution in [1.82, 2.24) is 0 Å². The maximum absolute atomic E-state index is 12.0. The lowest BCUT2D eigenvalue weighted by molar-refractivity contribution is -0.123. The van der Waals surface area contributed by atoms with Crippen LogP contribution in [0.1, 0.15) is 37.3 Å². The van der Waals surface area contributed by atoms with Crippen molar-refractivity contribution < 1.29 is 9.59 Å². The fourth-order valence-electron chi connectivity index (χ4n) is 2.88. The van der Waals surface area contributed by atoms with Gasteiger partial charge >= 0.3 is 0 Å². The molecule has 0 radical (unpaired) electrons. The number of piperidine rings is 1. The number of carbonyl (C=O) groups excluding carboxylic acids is 2. The normalized spacial score (nSPS) is 25.9. The van der Waals surface area contributed by atoms with Crippen molar-refractivity contribution in [2.24, 2.45) is 11.8 Å². The van der Waals surface area contributed by atoms with Crippen LogP contribution in [0.3, 0.4) is 0 Å². The highest BCUT2D eigenvalue weighted by atomic mass is 16.2. The zero-order chi connectivity index (χ0) is 13.0. The zero-order valence-corrected chi connectivity index (χ0v) is 10.9. The Labute approximate surface area is 107 Å². The molecule has 3 rings (SSSR count). The molecule has 1 aromatic rings. The molecule has 1 aliphatic heterocycles. The van der Waals surface area contributed by atoms with Crippen LogP contribution in [0.4, 0.5) is 5.69 Å². The minimum atomic E-state index is -0.0254. The molecule has 3 nitrogen and oxygen atoms in total. The molecule has 1 saturated carbocycles. The molecule has 1 heterocycles. The van der Waals surface area contributed by atoms with Crippen LogP contribution in [0, 0.1) is 18.8 Å². The molecule has 3 heteroatoms. The summed E-state index contributed by atoms with van der Waals surface area (Å²) in [4.78, 5) is 25.4. The fourth-order valence-corrected chi connectivity index (χ4v) is 2.88. The number of hydrogen-bond donors (Lipinski definition) is 0. The average Bonchev–Trinajstić information content (AvgIpc) is 3.03. The molecule has 2 atom stereocenters. The van der Waals surface area contributed by atoms with E-state index in [9.17, 15) is 9.59 Å². The maximum atomic E-state index is 12.0. The molecule has 0 unspecified atom stereocenters. The van der Waals surface area contributed by atoms with Gasteiger partial charge in [0, 0.05) is 0 Å². The van der Waals surface area contributed by atoms with Gasteiger partial charge in [0.1, 0.15) is 0 Å². The highest BCUT2D eigenvalue weighted by Crippen LogP contribution is 2.48. The predicted octanol–water partition coefficient (Wildman–Crippen LogP) is 2.63. The number of imide groups is 1. The second-order valence-corrected chi connectivity index (χ2v) is 5.66. The molecular formula is C15H17NO2. The topological polar surface area (TPSA) is 37.4 Å². The number of rotatable bonds is 2. The number of amides is 2. The van der Waals surface area contributed by atoms with E-state index in [1.54, 1.807) is 0 Å².